The molecule has 3 aromatic rings. The van der Waals surface area contributed by atoms with Crippen molar-refractivity contribution in [1.29, 1.82) is 10.5 Å². The van der Waals surface area contributed by atoms with Crippen LogP contribution in [0.15, 0.2) is 94.5 Å². The van der Waals surface area contributed by atoms with Gasteiger partial charge >= 0.3 is 0 Å². The Kier molecular flexibility index (Phi) is 9.10. The summed E-state index contributed by atoms with van der Waals surface area (Å²) in [6.07, 6.45) is 5.97. The van der Waals surface area contributed by atoms with Crippen LogP contribution in [-0.2, 0) is 14.8 Å². The first-order valence-electron chi connectivity index (χ1n) is 12.8. The summed E-state index contributed by atoms with van der Waals surface area (Å²) in [5, 5.41) is 23.3. The number of anilines is 2. The first-order chi connectivity index (χ1) is 19.7. The highest BCUT2D eigenvalue weighted by molar-refractivity contribution is 7.89. The van der Waals surface area contributed by atoms with Crippen molar-refractivity contribution < 1.29 is 13.2 Å². The summed E-state index contributed by atoms with van der Waals surface area (Å²) in [5.41, 5.74) is 4.16. The number of nitriles is 2. The van der Waals surface area contributed by atoms with Crippen LogP contribution in [0.4, 0.5) is 11.4 Å². The minimum absolute atomic E-state index is 0.0590. The van der Waals surface area contributed by atoms with E-state index in [-0.39, 0.29) is 16.5 Å². The van der Waals surface area contributed by atoms with E-state index in [2.05, 4.69) is 17.1 Å². The average molecular weight is 565 g/mol. The molecule has 0 fully saturated rings. The number of carbonyl (C=O) groups excluding carboxylic acids is 1. The zero-order valence-corrected chi connectivity index (χ0v) is 23.3. The molecule has 0 aliphatic carbocycles. The lowest BCUT2D eigenvalue weighted by atomic mass is 10.1. The third kappa shape index (κ3) is 7.14. The molecule has 41 heavy (non-hydrogen) atoms. The lowest BCUT2D eigenvalue weighted by molar-refractivity contribution is -0.113. The number of nitrogens with two attached hydrogens (primary N) is 1. The highest BCUT2D eigenvalue weighted by atomic mass is 32.2. The van der Waals surface area contributed by atoms with Crippen LogP contribution in [0, 0.1) is 29.6 Å². The molecule has 3 aromatic carbocycles. The van der Waals surface area contributed by atoms with Gasteiger partial charge in [0.2, 0.25) is 10.0 Å². The van der Waals surface area contributed by atoms with Gasteiger partial charge in [-0.05, 0) is 72.2 Å². The van der Waals surface area contributed by atoms with Crippen LogP contribution in [0.25, 0.3) is 12.2 Å². The van der Waals surface area contributed by atoms with Crippen molar-refractivity contribution in [2.24, 2.45) is 10.1 Å². The van der Waals surface area contributed by atoms with Crippen LogP contribution in [0.2, 0.25) is 0 Å². The molecule has 206 valence electrons. The number of aliphatic imine (C=N–C) groups is 1. The van der Waals surface area contributed by atoms with E-state index in [0.717, 1.165) is 22.4 Å². The molecule has 1 aliphatic heterocycles. The van der Waals surface area contributed by atoms with Gasteiger partial charge in [0.15, 0.2) is 0 Å². The highest BCUT2D eigenvalue weighted by Gasteiger charge is 2.30. The maximum atomic E-state index is 13.6. The average Bonchev–Trinajstić information content (AvgIpc) is 3.27. The molecular formula is C31H28N6O3S. The molecule has 0 spiro atoms. The Morgan fingerprint density at radius 2 is 1.61 bits per heavy atom. The largest absolute Gasteiger partial charge is 0.369 e. The van der Waals surface area contributed by atoms with Crippen molar-refractivity contribution in [3.8, 4) is 12.1 Å². The zero-order chi connectivity index (χ0) is 29.4. The quantitative estimate of drug-likeness (QED) is 0.351. The third-order valence-corrected chi connectivity index (χ3v) is 7.36. The van der Waals surface area contributed by atoms with Crippen LogP contribution in [0.3, 0.4) is 0 Å². The van der Waals surface area contributed by atoms with Gasteiger partial charge in [-0.25, -0.2) is 18.5 Å². The predicted octanol–water partition coefficient (Wildman–Crippen LogP) is 4.78. The number of hydrogen-bond acceptors (Lipinski definition) is 7. The molecule has 1 heterocycles. The molecule has 0 atom stereocenters. The number of nitrogens with zero attached hydrogens (tertiary/aromatic N) is 5. The van der Waals surface area contributed by atoms with E-state index in [0.29, 0.717) is 37.5 Å². The van der Waals surface area contributed by atoms with E-state index in [1.165, 1.54) is 29.2 Å². The number of rotatable bonds is 10. The Bertz CT molecular complexity index is 1700. The van der Waals surface area contributed by atoms with E-state index in [1.807, 2.05) is 66.4 Å². The standard InChI is InChI=1S/C31H28N6O3S/c1-23-21-27(36(19-5-17-32)20-6-18-33)11-10-25(23)22-29-31(38)37(26-12-14-28(15-13-26)41(34,39)40)30(35-29)16-9-24-7-3-2-4-8-24/h2-4,7-16,21-22H,5-6,19-20H2,1H3,(H2,34,39,40)/b16-9-,29-22-. The van der Waals surface area contributed by atoms with Crippen molar-refractivity contribution in [1.82, 2.24) is 0 Å². The van der Waals surface area contributed by atoms with E-state index in [4.69, 9.17) is 15.7 Å². The smallest absolute Gasteiger partial charge is 0.282 e. The number of amidine groups is 1. The van der Waals surface area contributed by atoms with E-state index in [9.17, 15) is 13.2 Å². The summed E-state index contributed by atoms with van der Waals surface area (Å²) in [6, 6.07) is 25.4. The Labute approximate surface area is 239 Å². The third-order valence-electron chi connectivity index (χ3n) is 6.43. The second kappa shape index (κ2) is 12.9. The number of carbonyl (C=O) groups is 1. The number of amides is 1. The Morgan fingerprint density at radius 3 is 2.20 bits per heavy atom. The minimum atomic E-state index is -3.89. The van der Waals surface area contributed by atoms with Crippen molar-refractivity contribution in [3.05, 3.63) is 101 Å². The number of sulfonamides is 1. The van der Waals surface area contributed by atoms with Gasteiger partial charge in [0, 0.05) is 18.8 Å². The Morgan fingerprint density at radius 1 is 0.951 bits per heavy atom. The number of primary sulfonamides is 1. The lowest BCUT2D eigenvalue weighted by Gasteiger charge is -2.23. The molecule has 0 saturated heterocycles. The van der Waals surface area contributed by atoms with Crippen LogP contribution in [0.1, 0.15) is 29.5 Å². The highest BCUT2D eigenvalue weighted by Crippen LogP contribution is 2.28. The molecule has 0 unspecified atom stereocenters. The van der Waals surface area contributed by atoms with Crippen LogP contribution >= 0.6 is 0 Å². The molecule has 0 bridgehead atoms. The van der Waals surface area contributed by atoms with Gasteiger partial charge < -0.3 is 4.90 Å². The zero-order valence-electron chi connectivity index (χ0n) is 22.4. The molecule has 4 rings (SSSR count). The Hall–Kier alpha value is -5.03. The molecule has 1 amide bonds. The van der Waals surface area contributed by atoms with Crippen LogP contribution in [-0.4, -0.2) is 33.3 Å². The molecule has 1 aliphatic rings. The fraction of sp³-hybridized carbons (Fsp3) is 0.161. The predicted molar refractivity (Wildman–Crippen MR) is 160 cm³/mol. The molecule has 0 radical (unpaired) electrons. The fourth-order valence-corrected chi connectivity index (χ4v) is 4.84. The normalized spacial score (nSPS) is 14.2. The van der Waals surface area contributed by atoms with Crippen LogP contribution in [0.5, 0.6) is 0 Å². The van der Waals surface area contributed by atoms with Gasteiger partial charge in [-0.3, -0.25) is 9.69 Å². The van der Waals surface area contributed by atoms with Crippen molar-refractivity contribution in [2.75, 3.05) is 22.9 Å². The fourth-order valence-electron chi connectivity index (χ4n) is 4.32. The minimum Gasteiger partial charge on any atom is -0.369 e. The maximum Gasteiger partial charge on any atom is 0.282 e. The Balaban J connectivity index is 1.70. The van der Waals surface area contributed by atoms with Crippen LogP contribution < -0.4 is 14.9 Å². The molecular weight excluding hydrogens is 536 g/mol. The SMILES string of the molecule is Cc1cc(N(CCC#N)CCC#N)ccc1/C=C1N=C(/C=C\c2ccccc2)N(c2ccc(S(N)(=O)=O)cc2)C\1=O. The van der Waals surface area contributed by atoms with E-state index in [1.54, 1.807) is 12.2 Å². The summed E-state index contributed by atoms with van der Waals surface area (Å²) in [7, 11) is -3.89. The van der Waals surface area contributed by atoms with Gasteiger partial charge in [-0.1, -0.05) is 42.5 Å². The molecule has 2 N–H and O–H groups in total. The lowest BCUT2D eigenvalue weighted by Crippen LogP contribution is -2.30. The summed E-state index contributed by atoms with van der Waals surface area (Å²) >= 11 is 0. The van der Waals surface area contributed by atoms with E-state index < -0.39 is 10.0 Å². The maximum absolute atomic E-state index is 13.6. The van der Waals surface area contributed by atoms with Gasteiger partial charge in [0.05, 0.1) is 35.6 Å². The number of hydrogen-bond donors (Lipinski definition) is 1. The number of benzene rings is 3. The van der Waals surface area contributed by atoms with Crippen molar-refractivity contribution in [3.63, 3.8) is 0 Å². The molecule has 10 heteroatoms. The first-order valence-corrected chi connectivity index (χ1v) is 14.4. The van der Waals surface area contributed by atoms with Crippen molar-refractivity contribution >= 4 is 45.3 Å². The molecule has 0 saturated carbocycles. The summed E-state index contributed by atoms with van der Waals surface area (Å²) in [5.74, 6) is 0.0103. The van der Waals surface area contributed by atoms with Crippen molar-refractivity contribution in [2.45, 2.75) is 24.7 Å². The first kappa shape index (κ1) is 29.0. The van der Waals surface area contributed by atoms with Gasteiger partial charge in [-0.2, -0.15) is 10.5 Å². The van der Waals surface area contributed by atoms with E-state index >= 15 is 0 Å². The second-order valence-electron chi connectivity index (χ2n) is 9.27. The molecule has 9 nitrogen and oxygen atoms in total. The van der Waals surface area contributed by atoms with Gasteiger partial charge in [-0.15, -0.1) is 0 Å². The summed E-state index contributed by atoms with van der Waals surface area (Å²) in [6.45, 7) is 2.94. The van der Waals surface area contributed by atoms with Gasteiger partial charge in [0.25, 0.3) is 5.91 Å². The monoisotopic (exact) mass is 564 g/mol. The summed E-state index contributed by atoms with van der Waals surface area (Å²) < 4.78 is 23.5. The topological polar surface area (TPSA) is 144 Å². The molecule has 0 aromatic heterocycles. The number of aryl methyl sites for hydroxylation is 1. The second-order valence-corrected chi connectivity index (χ2v) is 10.8. The van der Waals surface area contributed by atoms with Gasteiger partial charge in [0.1, 0.15) is 11.5 Å². The summed E-state index contributed by atoms with van der Waals surface area (Å²) in [4.78, 5) is 21.6.